The van der Waals surface area contributed by atoms with E-state index in [0.717, 1.165) is 35.5 Å². The summed E-state index contributed by atoms with van der Waals surface area (Å²) in [6.07, 6.45) is 14.7. The van der Waals surface area contributed by atoms with E-state index in [-0.39, 0.29) is 0 Å². The molecule has 0 aromatic rings. The monoisotopic (exact) mass is 338 g/mol. The lowest BCUT2D eigenvalue weighted by atomic mass is 9.71. The Bertz CT molecular complexity index is 257. The summed E-state index contributed by atoms with van der Waals surface area (Å²) in [5, 5.41) is 0. The summed E-state index contributed by atoms with van der Waals surface area (Å²) in [6, 6.07) is 0. The SMILES string of the molecule is CC.CCC(C)CC1CC(C)C1.CCC(C)CCC1CC(CC)C1. The molecule has 0 heterocycles. The Balaban J connectivity index is 0.000000405. The van der Waals surface area contributed by atoms with Gasteiger partial charge in [0.2, 0.25) is 0 Å². The van der Waals surface area contributed by atoms with Crippen molar-refractivity contribution in [2.45, 2.75) is 120 Å². The predicted molar refractivity (Wildman–Crippen MR) is 113 cm³/mol. The van der Waals surface area contributed by atoms with Crippen molar-refractivity contribution >= 4 is 0 Å². The zero-order chi connectivity index (χ0) is 18.5. The van der Waals surface area contributed by atoms with Gasteiger partial charge in [-0.3, -0.25) is 0 Å². The minimum atomic E-state index is 0.964. The molecule has 2 aliphatic carbocycles. The molecule has 0 N–H and O–H groups in total. The van der Waals surface area contributed by atoms with E-state index >= 15 is 0 Å². The van der Waals surface area contributed by atoms with Gasteiger partial charge in [0.1, 0.15) is 0 Å². The van der Waals surface area contributed by atoms with Crippen molar-refractivity contribution in [3.8, 4) is 0 Å². The fourth-order valence-corrected chi connectivity index (χ4v) is 4.16. The summed E-state index contributed by atoms with van der Waals surface area (Å²) in [7, 11) is 0. The van der Waals surface area contributed by atoms with E-state index < -0.39 is 0 Å². The fourth-order valence-electron chi connectivity index (χ4n) is 4.16. The van der Waals surface area contributed by atoms with Gasteiger partial charge in [0, 0.05) is 0 Å². The van der Waals surface area contributed by atoms with Crippen molar-refractivity contribution < 1.29 is 0 Å². The molecule has 0 amide bonds. The Labute approximate surface area is 155 Å². The molecule has 2 fully saturated rings. The lowest BCUT2D eigenvalue weighted by Gasteiger charge is -2.35. The van der Waals surface area contributed by atoms with E-state index in [9.17, 15) is 0 Å². The first-order valence-corrected chi connectivity index (χ1v) is 11.5. The second kappa shape index (κ2) is 14.2. The van der Waals surface area contributed by atoms with Crippen LogP contribution >= 0.6 is 0 Å². The van der Waals surface area contributed by atoms with Gasteiger partial charge in [0.15, 0.2) is 0 Å². The maximum absolute atomic E-state index is 2.38. The van der Waals surface area contributed by atoms with Crippen LogP contribution in [-0.2, 0) is 0 Å². The van der Waals surface area contributed by atoms with Crippen LogP contribution in [0.5, 0.6) is 0 Å². The largest absolute Gasteiger partial charge is 0.0683 e. The van der Waals surface area contributed by atoms with E-state index in [1.165, 1.54) is 64.2 Å². The summed E-state index contributed by atoms with van der Waals surface area (Å²) in [5.74, 6) is 6.25. The first-order chi connectivity index (χ1) is 11.5. The molecule has 0 aliphatic heterocycles. The fraction of sp³-hybridized carbons (Fsp3) is 1.00. The molecule has 0 saturated heterocycles. The average molecular weight is 339 g/mol. The maximum atomic E-state index is 2.38. The van der Waals surface area contributed by atoms with E-state index in [1.807, 2.05) is 13.8 Å². The standard InChI is InChI=1S/C12H24.C10H20.C2H6/c1-4-10(3)6-7-12-8-11(5-2)9-12;1-4-8(2)5-10-6-9(3)7-10;1-2/h10-12H,4-9H2,1-3H3;8-10H,4-7H2,1-3H3;1-2H3. The van der Waals surface area contributed by atoms with Crippen LogP contribution in [0.25, 0.3) is 0 Å². The number of hydrogen-bond acceptors (Lipinski definition) is 0. The molecule has 0 aromatic heterocycles. The van der Waals surface area contributed by atoms with Gasteiger partial charge in [0.25, 0.3) is 0 Å². The normalized spacial score (nSPS) is 30.5. The topological polar surface area (TPSA) is 0 Å². The molecular weight excluding hydrogens is 288 g/mol. The molecule has 2 unspecified atom stereocenters. The Morgan fingerprint density at radius 3 is 1.71 bits per heavy atom. The quantitative estimate of drug-likeness (QED) is 0.415. The van der Waals surface area contributed by atoms with Crippen LogP contribution in [0.3, 0.4) is 0 Å². The Morgan fingerprint density at radius 2 is 1.29 bits per heavy atom. The van der Waals surface area contributed by atoms with E-state index in [4.69, 9.17) is 0 Å². The minimum absolute atomic E-state index is 0.964. The van der Waals surface area contributed by atoms with Gasteiger partial charge >= 0.3 is 0 Å². The van der Waals surface area contributed by atoms with Gasteiger partial charge in [0.05, 0.1) is 0 Å². The molecule has 2 rings (SSSR count). The second-order valence-corrected chi connectivity index (χ2v) is 8.89. The molecule has 2 atom stereocenters. The maximum Gasteiger partial charge on any atom is -0.0407 e. The van der Waals surface area contributed by atoms with Crippen molar-refractivity contribution in [2.24, 2.45) is 35.5 Å². The molecule has 0 spiro atoms. The first kappa shape index (κ1) is 24.0. The van der Waals surface area contributed by atoms with E-state index in [0.29, 0.717) is 0 Å². The summed E-state index contributed by atoms with van der Waals surface area (Å²) >= 11 is 0. The third-order valence-electron chi connectivity index (χ3n) is 6.58. The van der Waals surface area contributed by atoms with Crippen LogP contribution < -0.4 is 0 Å². The molecule has 2 aliphatic rings. The van der Waals surface area contributed by atoms with Crippen LogP contribution in [-0.4, -0.2) is 0 Å². The van der Waals surface area contributed by atoms with Crippen molar-refractivity contribution in [3.63, 3.8) is 0 Å². The lowest BCUT2D eigenvalue weighted by Crippen LogP contribution is -2.23. The summed E-state index contributed by atoms with van der Waals surface area (Å²) in [5.41, 5.74) is 0. The van der Waals surface area contributed by atoms with Gasteiger partial charge in [-0.1, -0.05) is 87.5 Å². The van der Waals surface area contributed by atoms with Gasteiger partial charge in [-0.2, -0.15) is 0 Å². The molecule has 0 radical (unpaired) electrons. The summed E-state index contributed by atoms with van der Waals surface area (Å²) in [4.78, 5) is 0. The average Bonchev–Trinajstić information content (AvgIpc) is 2.54. The highest BCUT2D eigenvalue weighted by Gasteiger charge is 2.27. The highest BCUT2D eigenvalue weighted by atomic mass is 14.3. The van der Waals surface area contributed by atoms with Crippen LogP contribution in [0.1, 0.15) is 120 Å². The molecule has 2 saturated carbocycles. The Morgan fingerprint density at radius 1 is 0.750 bits per heavy atom. The third kappa shape index (κ3) is 10.1. The first-order valence-electron chi connectivity index (χ1n) is 11.5. The van der Waals surface area contributed by atoms with Gasteiger partial charge < -0.3 is 0 Å². The van der Waals surface area contributed by atoms with Crippen LogP contribution in [0.15, 0.2) is 0 Å². The van der Waals surface area contributed by atoms with Crippen molar-refractivity contribution in [2.75, 3.05) is 0 Å². The number of rotatable bonds is 8. The Kier molecular flexibility index (Phi) is 14.2. The highest BCUT2D eigenvalue weighted by molar-refractivity contribution is 4.78. The summed E-state index contributed by atoms with van der Waals surface area (Å²) < 4.78 is 0. The molecule has 0 nitrogen and oxygen atoms in total. The lowest BCUT2D eigenvalue weighted by molar-refractivity contribution is 0.167. The smallest absolute Gasteiger partial charge is 0.0407 e. The van der Waals surface area contributed by atoms with Gasteiger partial charge in [-0.15, -0.1) is 0 Å². The molecule has 0 heteroatoms. The van der Waals surface area contributed by atoms with Crippen LogP contribution in [0.2, 0.25) is 0 Å². The van der Waals surface area contributed by atoms with Crippen molar-refractivity contribution in [1.29, 1.82) is 0 Å². The van der Waals surface area contributed by atoms with Gasteiger partial charge in [-0.05, 0) is 67.6 Å². The van der Waals surface area contributed by atoms with Crippen molar-refractivity contribution in [3.05, 3.63) is 0 Å². The Hall–Kier alpha value is 0. The predicted octanol–water partition coefficient (Wildman–Crippen LogP) is 8.74. The van der Waals surface area contributed by atoms with Gasteiger partial charge in [-0.25, -0.2) is 0 Å². The minimum Gasteiger partial charge on any atom is -0.0683 e. The molecule has 0 aromatic carbocycles. The molecule has 146 valence electrons. The zero-order valence-electron chi connectivity index (χ0n) is 18.5. The second-order valence-electron chi connectivity index (χ2n) is 8.89. The molecular formula is C24H50. The van der Waals surface area contributed by atoms with E-state index in [2.05, 4.69) is 41.5 Å². The van der Waals surface area contributed by atoms with E-state index in [1.54, 1.807) is 0 Å². The third-order valence-corrected chi connectivity index (χ3v) is 6.58. The van der Waals surface area contributed by atoms with Crippen LogP contribution in [0.4, 0.5) is 0 Å². The summed E-state index contributed by atoms with van der Waals surface area (Å²) in [6.45, 7) is 18.1. The number of hydrogen-bond donors (Lipinski definition) is 0. The molecule has 24 heavy (non-hydrogen) atoms. The zero-order valence-corrected chi connectivity index (χ0v) is 18.5. The highest BCUT2D eigenvalue weighted by Crippen LogP contribution is 2.39. The van der Waals surface area contributed by atoms with Crippen LogP contribution in [0, 0.1) is 35.5 Å². The van der Waals surface area contributed by atoms with Crippen molar-refractivity contribution in [1.82, 2.24) is 0 Å². The molecule has 0 bridgehead atoms.